The van der Waals surface area contributed by atoms with E-state index in [1.165, 1.54) is 13.2 Å². The Morgan fingerprint density at radius 1 is 1.18 bits per heavy atom. The lowest BCUT2D eigenvalue weighted by Gasteiger charge is -2.10. The number of methoxy groups -OCH3 is 3. The van der Waals surface area contributed by atoms with Crippen molar-refractivity contribution in [2.24, 2.45) is 0 Å². The first kappa shape index (κ1) is 13.1. The summed E-state index contributed by atoms with van der Waals surface area (Å²) in [6.45, 7) is 1.82. The highest BCUT2D eigenvalue weighted by Crippen LogP contribution is 2.29. The summed E-state index contributed by atoms with van der Waals surface area (Å²) in [6, 6.07) is 5.42. The molecular weight excluding hydrogens is 220 g/mol. The van der Waals surface area contributed by atoms with Crippen LogP contribution in [0, 0.1) is 0 Å². The Kier molecular flexibility index (Phi) is 4.57. The average molecular weight is 236 g/mol. The summed E-state index contributed by atoms with van der Waals surface area (Å²) in [7, 11) is 4.51. The van der Waals surface area contributed by atoms with Crippen LogP contribution in [0.5, 0.6) is 11.5 Å². The second-order valence-electron chi connectivity index (χ2n) is 3.42. The normalized spacial score (nSPS) is 10.9. The zero-order valence-electron chi connectivity index (χ0n) is 10.4. The Bertz CT molecular complexity index is 435. The van der Waals surface area contributed by atoms with Crippen molar-refractivity contribution < 1.29 is 19.0 Å². The molecule has 0 fully saturated rings. The highest BCUT2D eigenvalue weighted by Gasteiger charge is 2.08. The van der Waals surface area contributed by atoms with Crippen LogP contribution < -0.4 is 9.47 Å². The van der Waals surface area contributed by atoms with E-state index in [0.29, 0.717) is 11.5 Å². The van der Waals surface area contributed by atoms with Crippen molar-refractivity contribution in [3.8, 4) is 11.5 Å². The molecule has 1 aromatic carbocycles. The van der Waals surface area contributed by atoms with Gasteiger partial charge >= 0.3 is 5.97 Å². The number of rotatable bonds is 4. The molecule has 0 radical (unpaired) electrons. The summed E-state index contributed by atoms with van der Waals surface area (Å²) < 4.78 is 14.9. The van der Waals surface area contributed by atoms with E-state index in [0.717, 1.165) is 11.1 Å². The van der Waals surface area contributed by atoms with Crippen molar-refractivity contribution in [2.45, 2.75) is 6.92 Å². The molecule has 0 heterocycles. The minimum atomic E-state index is -0.389. The van der Waals surface area contributed by atoms with Crippen LogP contribution in [0.1, 0.15) is 12.5 Å². The molecule has 0 aliphatic rings. The van der Waals surface area contributed by atoms with Gasteiger partial charge in [-0.1, -0.05) is 0 Å². The van der Waals surface area contributed by atoms with E-state index in [4.69, 9.17) is 9.47 Å². The molecule has 0 saturated carbocycles. The summed E-state index contributed by atoms with van der Waals surface area (Å²) in [4.78, 5) is 11.2. The van der Waals surface area contributed by atoms with E-state index in [-0.39, 0.29) is 5.97 Å². The van der Waals surface area contributed by atoms with E-state index < -0.39 is 0 Å². The SMILES string of the molecule is COC(=O)/C=C(/C)c1ccc(OC)cc1OC. The number of ether oxygens (including phenoxy) is 3. The summed E-state index contributed by atoms with van der Waals surface area (Å²) in [5, 5.41) is 0. The summed E-state index contributed by atoms with van der Waals surface area (Å²) in [5.74, 6) is 0.971. The van der Waals surface area contributed by atoms with Gasteiger partial charge in [-0.3, -0.25) is 0 Å². The van der Waals surface area contributed by atoms with Gasteiger partial charge in [0.05, 0.1) is 21.3 Å². The van der Waals surface area contributed by atoms with Gasteiger partial charge < -0.3 is 14.2 Å². The van der Waals surface area contributed by atoms with Crippen LogP contribution in [-0.2, 0) is 9.53 Å². The maximum atomic E-state index is 11.2. The Balaban J connectivity index is 3.13. The number of allylic oxidation sites excluding steroid dienone is 1. The lowest BCUT2D eigenvalue weighted by atomic mass is 10.1. The Morgan fingerprint density at radius 2 is 1.88 bits per heavy atom. The van der Waals surface area contributed by atoms with E-state index in [2.05, 4.69) is 4.74 Å². The monoisotopic (exact) mass is 236 g/mol. The van der Waals surface area contributed by atoms with Gasteiger partial charge in [-0.05, 0) is 24.6 Å². The van der Waals surface area contributed by atoms with Gasteiger partial charge in [0.2, 0.25) is 0 Å². The lowest BCUT2D eigenvalue weighted by molar-refractivity contribution is -0.134. The van der Waals surface area contributed by atoms with Crippen LogP contribution >= 0.6 is 0 Å². The highest BCUT2D eigenvalue weighted by atomic mass is 16.5. The molecule has 0 amide bonds. The van der Waals surface area contributed by atoms with Gasteiger partial charge in [-0.2, -0.15) is 0 Å². The average Bonchev–Trinajstić information content (AvgIpc) is 2.37. The molecule has 4 heteroatoms. The number of hydrogen-bond acceptors (Lipinski definition) is 4. The largest absolute Gasteiger partial charge is 0.497 e. The molecule has 92 valence electrons. The van der Waals surface area contributed by atoms with E-state index >= 15 is 0 Å². The molecule has 0 N–H and O–H groups in total. The summed E-state index contributed by atoms with van der Waals surface area (Å²) in [6.07, 6.45) is 1.42. The number of carbonyl (C=O) groups is 1. The number of benzene rings is 1. The fourth-order valence-electron chi connectivity index (χ4n) is 1.44. The molecule has 4 nitrogen and oxygen atoms in total. The highest BCUT2D eigenvalue weighted by molar-refractivity contribution is 5.91. The fraction of sp³-hybridized carbons (Fsp3) is 0.308. The molecule has 1 rings (SSSR count). The third-order valence-electron chi connectivity index (χ3n) is 2.37. The van der Waals surface area contributed by atoms with E-state index in [1.54, 1.807) is 20.3 Å². The lowest BCUT2D eigenvalue weighted by Crippen LogP contribution is -1.97. The molecule has 0 aromatic heterocycles. The summed E-state index contributed by atoms with van der Waals surface area (Å²) in [5.41, 5.74) is 1.61. The standard InChI is InChI=1S/C13H16O4/c1-9(7-13(14)17-4)11-6-5-10(15-2)8-12(11)16-3/h5-8H,1-4H3/b9-7-. The number of carbonyl (C=O) groups excluding carboxylic acids is 1. The maximum Gasteiger partial charge on any atom is 0.330 e. The molecular formula is C13H16O4. The topological polar surface area (TPSA) is 44.8 Å². The number of esters is 1. The fourth-order valence-corrected chi connectivity index (χ4v) is 1.44. The summed E-state index contributed by atoms with van der Waals surface area (Å²) >= 11 is 0. The molecule has 17 heavy (non-hydrogen) atoms. The van der Waals surface area contributed by atoms with Crippen LogP contribution in [0.4, 0.5) is 0 Å². The van der Waals surface area contributed by atoms with Crippen molar-refractivity contribution in [3.05, 3.63) is 29.8 Å². The van der Waals surface area contributed by atoms with Crippen LogP contribution in [0.2, 0.25) is 0 Å². The smallest absolute Gasteiger partial charge is 0.330 e. The van der Waals surface area contributed by atoms with Gasteiger partial charge in [0.25, 0.3) is 0 Å². The van der Waals surface area contributed by atoms with Gasteiger partial charge in [-0.25, -0.2) is 4.79 Å². The van der Waals surface area contributed by atoms with Crippen LogP contribution in [-0.4, -0.2) is 27.3 Å². The Hall–Kier alpha value is -1.97. The van der Waals surface area contributed by atoms with E-state index in [9.17, 15) is 4.79 Å². The third kappa shape index (κ3) is 3.24. The quantitative estimate of drug-likeness (QED) is 0.594. The number of hydrogen-bond donors (Lipinski definition) is 0. The van der Waals surface area contributed by atoms with Crippen molar-refractivity contribution in [3.63, 3.8) is 0 Å². The molecule has 0 spiro atoms. The minimum absolute atomic E-state index is 0.389. The zero-order chi connectivity index (χ0) is 12.8. The van der Waals surface area contributed by atoms with Crippen molar-refractivity contribution in [1.82, 2.24) is 0 Å². The van der Waals surface area contributed by atoms with Gasteiger partial charge in [0.1, 0.15) is 11.5 Å². The van der Waals surface area contributed by atoms with Crippen molar-refractivity contribution in [2.75, 3.05) is 21.3 Å². The predicted molar refractivity (Wildman–Crippen MR) is 65.2 cm³/mol. The first-order valence-corrected chi connectivity index (χ1v) is 5.11. The van der Waals surface area contributed by atoms with Gasteiger partial charge in [-0.15, -0.1) is 0 Å². The molecule has 0 bridgehead atoms. The predicted octanol–water partition coefficient (Wildman–Crippen LogP) is 2.28. The molecule has 0 aliphatic heterocycles. The molecule has 1 aromatic rings. The zero-order valence-corrected chi connectivity index (χ0v) is 10.4. The molecule has 0 unspecified atom stereocenters. The molecule has 0 saturated heterocycles. The van der Waals surface area contributed by atoms with Crippen molar-refractivity contribution in [1.29, 1.82) is 0 Å². The van der Waals surface area contributed by atoms with Crippen LogP contribution in [0.25, 0.3) is 5.57 Å². The molecule has 0 aliphatic carbocycles. The van der Waals surface area contributed by atoms with Gasteiger partial charge in [0.15, 0.2) is 0 Å². The first-order chi connectivity index (χ1) is 8.12. The Labute approximate surface area is 101 Å². The minimum Gasteiger partial charge on any atom is -0.497 e. The Morgan fingerprint density at radius 3 is 2.41 bits per heavy atom. The van der Waals surface area contributed by atoms with Crippen LogP contribution in [0.3, 0.4) is 0 Å². The molecule has 0 atom stereocenters. The van der Waals surface area contributed by atoms with Crippen molar-refractivity contribution >= 4 is 11.5 Å². The second-order valence-corrected chi connectivity index (χ2v) is 3.42. The van der Waals surface area contributed by atoms with Gasteiger partial charge in [0, 0.05) is 17.7 Å². The van der Waals surface area contributed by atoms with Crippen LogP contribution in [0.15, 0.2) is 24.3 Å². The third-order valence-corrected chi connectivity index (χ3v) is 2.37. The maximum absolute atomic E-state index is 11.2. The van der Waals surface area contributed by atoms with E-state index in [1.807, 2.05) is 19.1 Å². The first-order valence-electron chi connectivity index (χ1n) is 5.11. The second kappa shape index (κ2) is 5.94.